The molecule has 0 aliphatic carbocycles. The second-order valence-electron chi connectivity index (χ2n) is 4.25. The number of rotatable bonds is 5. The van der Waals surface area contributed by atoms with E-state index in [2.05, 4.69) is 0 Å². The number of amides is 1. The topological polar surface area (TPSA) is 66.6 Å². The SMILES string of the molecule is CC(C)N(CCCN)C(=O)c1ccccc1O. The van der Waals surface area contributed by atoms with E-state index < -0.39 is 0 Å². The molecular weight excluding hydrogens is 216 g/mol. The Morgan fingerprint density at radius 3 is 2.59 bits per heavy atom. The van der Waals surface area contributed by atoms with E-state index in [4.69, 9.17) is 5.73 Å². The molecule has 1 rings (SSSR count). The summed E-state index contributed by atoms with van der Waals surface area (Å²) in [6.45, 7) is 5.07. The first-order chi connectivity index (χ1) is 8.07. The first-order valence-electron chi connectivity index (χ1n) is 5.87. The van der Waals surface area contributed by atoms with E-state index in [0.717, 1.165) is 6.42 Å². The number of para-hydroxylation sites is 1. The van der Waals surface area contributed by atoms with Crippen LogP contribution < -0.4 is 5.73 Å². The lowest BCUT2D eigenvalue weighted by molar-refractivity contribution is 0.0702. The zero-order chi connectivity index (χ0) is 12.8. The van der Waals surface area contributed by atoms with Crippen LogP contribution in [-0.4, -0.2) is 35.0 Å². The van der Waals surface area contributed by atoms with Crippen molar-refractivity contribution in [2.45, 2.75) is 26.3 Å². The highest BCUT2D eigenvalue weighted by molar-refractivity contribution is 5.96. The summed E-state index contributed by atoms with van der Waals surface area (Å²) in [5.41, 5.74) is 5.80. The number of nitrogens with zero attached hydrogens (tertiary/aromatic N) is 1. The summed E-state index contributed by atoms with van der Waals surface area (Å²) in [7, 11) is 0. The molecule has 0 heterocycles. The third-order valence-electron chi connectivity index (χ3n) is 2.62. The number of carbonyl (C=O) groups is 1. The third-order valence-corrected chi connectivity index (χ3v) is 2.62. The molecule has 0 saturated carbocycles. The van der Waals surface area contributed by atoms with Crippen molar-refractivity contribution >= 4 is 5.91 Å². The molecule has 1 aromatic rings. The molecule has 0 spiro atoms. The van der Waals surface area contributed by atoms with Gasteiger partial charge in [0.25, 0.3) is 5.91 Å². The average Bonchev–Trinajstić information content (AvgIpc) is 2.29. The smallest absolute Gasteiger partial charge is 0.257 e. The van der Waals surface area contributed by atoms with Crippen LogP contribution in [0.5, 0.6) is 5.75 Å². The van der Waals surface area contributed by atoms with Gasteiger partial charge in [-0.1, -0.05) is 12.1 Å². The zero-order valence-electron chi connectivity index (χ0n) is 10.4. The Morgan fingerprint density at radius 2 is 2.06 bits per heavy atom. The van der Waals surface area contributed by atoms with Crippen LogP contribution in [0.1, 0.15) is 30.6 Å². The zero-order valence-corrected chi connectivity index (χ0v) is 10.4. The minimum Gasteiger partial charge on any atom is -0.507 e. The van der Waals surface area contributed by atoms with Gasteiger partial charge in [0, 0.05) is 12.6 Å². The molecule has 94 valence electrons. The molecule has 1 aromatic carbocycles. The Bertz CT molecular complexity index is 377. The number of aromatic hydroxyl groups is 1. The number of phenolic OH excluding ortho intramolecular Hbond substituents is 1. The van der Waals surface area contributed by atoms with Gasteiger partial charge in [-0.25, -0.2) is 0 Å². The van der Waals surface area contributed by atoms with Crippen molar-refractivity contribution in [2.75, 3.05) is 13.1 Å². The Labute approximate surface area is 102 Å². The lowest BCUT2D eigenvalue weighted by atomic mass is 10.1. The minimum absolute atomic E-state index is 0.0240. The van der Waals surface area contributed by atoms with Crippen LogP contribution in [0.15, 0.2) is 24.3 Å². The van der Waals surface area contributed by atoms with Crippen molar-refractivity contribution in [3.63, 3.8) is 0 Å². The molecular formula is C13H20N2O2. The van der Waals surface area contributed by atoms with Gasteiger partial charge in [-0.05, 0) is 38.9 Å². The van der Waals surface area contributed by atoms with E-state index in [9.17, 15) is 9.90 Å². The van der Waals surface area contributed by atoms with Gasteiger partial charge in [0.15, 0.2) is 0 Å². The van der Waals surface area contributed by atoms with Gasteiger partial charge < -0.3 is 15.7 Å². The van der Waals surface area contributed by atoms with Crippen molar-refractivity contribution in [1.82, 2.24) is 4.90 Å². The maximum atomic E-state index is 12.2. The number of nitrogens with two attached hydrogens (primary N) is 1. The van der Waals surface area contributed by atoms with Gasteiger partial charge in [0.2, 0.25) is 0 Å². The van der Waals surface area contributed by atoms with E-state index in [-0.39, 0.29) is 17.7 Å². The number of phenols is 1. The second-order valence-corrected chi connectivity index (χ2v) is 4.25. The van der Waals surface area contributed by atoms with Crippen LogP contribution in [0.2, 0.25) is 0 Å². The quantitative estimate of drug-likeness (QED) is 0.816. The summed E-state index contributed by atoms with van der Waals surface area (Å²) in [4.78, 5) is 14.0. The fourth-order valence-corrected chi connectivity index (χ4v) is 1.67. The maximum Gasteiger partial charge on any atom is 0.257 e. The molecule has 4 nitrogen and oxygen atoms in total. The molecule has 3 N–H and O–H groups in total. The molecule has 0 unspecified atom stereocenters. The van der Waals surface area contributed by atoms with E-state index in [1.54, 1.807) is 23.1 Å². The Balaban J connectivity index is 2.88. The molecule has 0 bridgehead atoms. The lowest BCUT2D eigenvalue weighted by Gasteiger charge is -2.27. The van der Waals surface area contributed by atoms with Crippen LogP contribution in [0.4, 0.5) is 0 Å². The largest absolute Gasteiger partial charge is 0.507 e. The molecule has 17 heavy (non-hydrogen) atoms. The van der Waals surface area contributed by atoms with Gasteiger partial charge in [0.1, 0.15) is 5.75 Å². The third kappa shape index (κ3) is 3.46. The summed E-state index contributed by atoms with van der Waals surface area (Å²) < 4.78 is 0. The van der Waals surface area contributed by atoms with Crippen molar-refractivity contribution < 1.29 is 9.90 Å². The number of carbonyl (C=O) groups excluding carboxylic acids is 1. The van der Waals surface area contributed by atoms with E-state index in [1.807, 2.05) is 13.8 Å². The highest BCUT2D eigenvalue weighted by Crippen LogP contribution is 2.19. The Morgan fingerprint density at radius 1 is 1.41 bits per heavy atom. The van der Waals surface area contributed by atoms with Crippen molar-refractivity contribution in [1.29, 1.82) is 0 Å². The summed E-state index contributed by atoms with van der Waals surface area (Å²) >= 11 is 0. The van der Waals surface area contributed by atoms with Crippen LogP contribution in [0, 0.1) is 0 Å². The van der Waals surface area contributed by atoms with Crippen LogP contribution in [-0.2, 0) is 0 Å². The summed E-state index contributed by atoms with van der Waals surface area (Å²) in [6.07, 6.45) is 0.761. The molecule has 4 heteroatoms. The monoisotopic (exact) mass is 236 g/mol. The molecule has 0 atom stereocenters. The summed E-state index contributed by atoms with van der Waals surface area (Å²) in [5, 5.41) is 9.66. The standard InChI is InChI=1S/C13H20N2O2/c1-10(2)15(9-5-8-14)13(17)11-6-3-4-7-12(11)16/h3-4,6-7,10,16H,5,8-9,14H2,1-2H3. The molecule has 0 saturated heterocycles. The van der Waals surface area contributed by atoms with Crippen LogP contribution in [0.25, 0.3) is 0 Å². The maximum absolute atomic E-state index is 12.2. The fraction of sp³-hybridized carbons (Fsp3) is 0.462. The van der Waals surface area contributed by atoms with Gasteiger partial charge in [-0.3, -0.25) is 4.79 Å². The number of benzene rings is 1. The Hall–Kier alpha value is -1.55. The normalized spacial score (nSPS) is 10.6. The molecule has 0 aliphatic heterocycles. The number of hydrogen-bond donors (Lipinski definition) is 2. The predicted molar refractivity (Wildman–Crippen MR) is 68.0 cm³/mol. The number of hydrogen-bond acceptors (Lipinski definition) is 3. The summed E-state index contributed by atoms with van der Waals surface area (Å²) in [5.74, 6) is -0.123. The van der Waals surface area contributed by atoms with Gasteiger partial charge in [-0.2, -0.15) is 0 Å². The molecule has 0 radical (unpaired) electrons. The van der Waals surface area contributed by atoms with Gasteiger partial charge in [-0.15, -0.1) is 0 Å². The van der Waals surface area contributed by atoms with Crippen molar-refractivity contribution in [2.24, 2.45) is 5.73 Å². The van der Waals surface area contributed by atoms with Gasteiger partial charge in [0.05, 0.1) is 5.56 Å². The summed E-state index contributed by atoms with van der Waals surface area (Å²) in [6, 6.07) is 6.69. The average molecular weight is 236 g/mol. The molecule has 0 aliphatic rings. The predicted octanol–water partition coefficient (Wildman–Crippen LogP) is 1.59. The van der Waals surface area contributed by atoms with E-state index in [1.165, 1.54) is 6.07 Å². The molecule has 0 aromatic heterocycles. The lowest BCUT2D eigenvalue weighted by Crippen LogP contribution is -2.38. The van der Waals surface area contributed by atoms with Crippen LogP contribution >= 0.6 is 0 Å². The Kier molecular flexibility index (Phi) is 4.97. The van der Waals surface area contributed by atoms with E-state index in [0.29, 0.717) is 18.7 Å². The molecule has 0 fully saturated rings. The van der Waals surface area contributed by atoms with Crippen LogP contribution in [0.3, 0.4) is 0 Å². The minimum atomic E-state index is -0.147. The molecule has 1 amide bonds. The van der Waals surface area contributed by atoms with Crippen molar-refractivity contribution in [3.8, 4) is 5.75 Å². The second kappa shape index (κ2) is 6.25. The van der Waals surface area contributed by atoms with E-state index >= 15 is 0 Å². The fourth-order valence-electron chi connectivity index (χ4n) is 1.67. The first-order valence-corrected chi connectivity index (χ1v) is 5.87. The highest BCUT2D eigenvalue weighted by atomic mass is 16.3. The van der Waals surface area contributed by atoms with Gasteiger partial charge >= 0.3 is 0 Å². The highest BCUT2D eigenvalue weighted by Gasteiger charge is 2.20. The first kappa shape index (κ1) is 13.5. The van der Waals surface area contributed by atoms with Crippen molar-refractivity contribution in [3.05, 3.63) is 29.8 Å².